The number of ether oxygens (including phenoxy) is 1. The molecule has 0 spiro atoms. The lowest BCUT2D eigenvalue weighted by Crippen LogP contribution is -2.24. The third-order valence-electron chi connectivity index (χ3n) is 4.62. The predicted octanol–water partition coefficient (Wildman–Crippen LogP) is 4.63. The van der Waals surface area contributed by atoms with Crippen molar-refractivity contribution in [1.82, 2.24) is 20.1 Å². The van der Waals surface area contributed by atoms with Gasteiger partial charge in [0.2, 0.25) is 5.91 Å². The van der Waals surface area contributed by atoms with Crippen LogP contribution in [0.4, 0.5) is 0 Å². The van der Waals surface area contributed by atoms with E-state index in [1.807, 2.05) is 74.9 Å². The van der Waals surface area contributed by atoms with E-state index < -0.39 is 0 Å². The fourth-order valence-electron chi connectivity index (χ4n) is 3.01. The van der Waals surface area contributed by atoms with Crippen LogP contribution in [0.2, 0.25) is 5.02 Å². The van der Waals surface area contributed by atoms with Crippen LogP contribution in [0.5, 0.6) is 5.75 Å². The van der Waals surface area contributed by atoms with Crippen molar-refractivity contribution in [3.05, 3.63) is 70.0 Å². The highest BCUT2D eigenvalue weighted by Gasteiger charge is 2.18. The minimum Gasteiger partial charge on any atom is -0.483 e. The third kappa shape index (κ3) is 5.55. The maximum atomic E-state index is 12.1. The minimum atomic E-state index is -0.302. The Morgan fingerprint density at radius 3 is 2.53 bits per heavy atom. The Morgan fingerprint density at radius 2 is 1.87 bits per heavy atom. The second-order valence-corrected chi connectivity index (χ2v) is 8.40. The van der Waals surface area contributed by atoms with E-state index in [4.69, 9.17) is 16.3 Å². The standard InChI is InChI=1S/C22H25ClN4O2S/c1-14-10-18(11-15(2)20(14)23)29-16(3)21-25-26-22(27(21)4)30-13-19(28)24-12-17-8-6-5-7-9-17/h5-11,16H,12-13H2,1-4H3,(H,24,28). The van der Waals surface area contributed by atoms with Gasteiger partial charge in [-0.05, 0) is 49.6 Å². The molecule has 1 atom stereocenters. The van der Waals surface area contributed by atoms with E-state index in [0.717, 1.165) is 27.5 Å². The van der Waals surface area contributed by atoms with Gasteiger partial charge in [-0.2, -0.15) is 0 Å². The molecule has 0 fully saturated rings. The number of carbonyl (C=O) groups excluding carboxylic acids is 1. The molecule has 1 heterocycles. The van der Waals surface area contributed by atoms with E-state index in [2.05, 4.69) is 15.5 Å². The Labute approximate surface area is 186 Å². The zero-order chi connectivity index (χ0) is 21.7. The van der Waals surface area contributed by atoms with Crippen LogP contribution in [-0.4, -0.2) is 26.4 Å². The number of nitrogens with zero attached hydrogens (tertiary/aromatic N) is 3. The van der Waals surface area contributed by atoms with Gasteiger partial charge >= 0.3 is 0 Å². The lowest BCUT2D eigenvalue weighted by Gasteiger charge is -2.16. The first-order valence-electron chi connectivity index (χ1n) is 9.61. The summed E-state index contributed by atoms with van der Waals surface area (Å²) in [6.07, 6.45) is -0.302. The molecule has 0 bridgehead atoms. The summed E-state index contributed by atoms with van der Waals surface area (Å²) >= 11 is 7.58. The molecular weight excluding hydrogens is 420 g/mol. The van der Waals surface area contributed by atoms with E-state index in [1.54, 1.807) is 0 Å². The molecule has 0 radical (unpaired) electrons. The molecular formula is C22H25ClN4O2S. The fraction of sp³-hybridized carbons (Fsp3) is 0.318. The maximum Gasteiger partial charge on any atom is 0.230 e. The van der Waals surface area contributed by atoms with E-state index in [9.17, 15) is 4.79 Å². The number of carbonyl (C=O) groups is 1. The molecule has 158 valence electrons. The summed E-state index contributed by atoms with van der Waals surface area (Å²) < 4.78 is 7.91. The van der Waals surface area contributed by atoms with Crippen molar-refractivity contribution < 1.29 is 9.53 Å². The second kappa shape index (κ2) is 10.00. The number of nitrogens with one attached hydrogen (secondary N) is 1. The molecule has 3 aromatic rings. The largest absolute Gasteiger partial charge is 0.483 e. The lowest BCUT2D eigenvalue weighted by molar-refractivity contribution is -0.118. The van der Waals surface area contributed by atoms with Crippen molar-refractivity contribution in [3.8, 4) is 5.75 Å². The van der Waals surface area contributed by atoms with Gasteiger partial charge < -0.3 is 14.6 Å². The molecule has 0 aliphatic rings. The summed E-state index contributed by atoms with van der Waals surface area (Å²) in [4.78, 5) is 12.1. The van der Waals surface area contributed by atoms with Gasteiger partial charge in [-0.1, -0.05) is 53.7 Å². The lowest BCUT2D eigenvalue weighted by atomic mass is 10.1. The summed E-state index contributed by atoms with van der Waals surface area (Å²) in [6, 6.07) is 13.6. The summed E-state index contributed by atoms with van der Waals surface area (Å²) in [6.45, 7) is 6.33. The molecule has 1 aromatic heterocycles. The van der Waals surface area contributed by atoms with Crippen LogP contribution in [0.3, 0.4) is 0 Å². The first kappa shape index (κ1) is 22.2. The average molecular weight is 445 g/mol. The van der Waals surface area contributed by atoms with Crippen LogP contribution >= 0.6 is 23.4 Å². The SMILES string of the molecule is Cc1cc(OC(C)c2nnc(SCC(=O)NCc3ccccc3)n2C)cc(C)c1Cl. The topological polar surface area (TPSA) is 69.0 Å². The molecule has 3 rings (SSSR count). The van der Waals surface area contributed by atoms with Gasteiger partial charge in [0.25, 0.3) is 0 Å². The number of thioether (sulfide) groups is 1. The minimum absolute atomic E-state index is 0.0511. The van der Waals surface area contributed by atoms with Crippen molar-refractivity contribution in [2.75, 3.05) is 5.75 Å². The second-order valence-electron chi connectivity index (χ2n) is 7.08. The molecule has 1 unspecified atom stereocenters. The molecule has 1 amide bonds. The van der Waals surface area contributed by atoms with Crippen LogP contribution in [0.15, 0.2) is 47.6 Å². The highest BCUT2D eigenvalue weighted by molar-refractivity contribution is 7.99. The van der Waals surface area contributed by atoms with Crippen LogP contribution in [-0.2, 0) is 18.4 Å². The van der Waals surface area contributed by atoms with Crippen molar-refractivity contribution in [1.29, 1.82) is 0 Å². The summed E-state index contributed by atoms with van der Waals surface area (Å²) in [5, 5.41) is 12.8. The Morgan fingerprint density at radius 1 is 1.20 bits per heavy atom. The van der Waals surface area contributed by atoms with Gasteiger partial charge in [-0.15, -0.1) is 10.2 Å². The molecule has 0 saturated carbocycles. The summed E-state index contributed by atoms with van der Waals surface area (Å²) in [5.41, 5.74) is 3.00. The fourth-order valence-corrected chi connectivity index (χ4v) is 3.87. The maximum absolute atomic E-state index is 12.1. The first-order valence-corrected chi connectivity index (χ1v) is 11.0. The van der Waals surface area contributed by atoms with Crippen molar-refractivity contribution >= 4 is 29.3 Å². The molecule has 30 heavy (non-hydrogen) atoms. The molecule has 6 nitrogen and oxygen atoms in total. The van der Waals surface area contributed by atoms with Gasteiger partial charge in [-0.3, -0.25) is 4.79 Å². The Hall–Kier alpha value is -2.51. The number of aryl methyl sites for hydroxylation is 2. The molecule has 1 N–H and O–H groups in total. The molecule has 2 aromatic carbocycles. The number of aromatic nitrogens is 3. The Kier molecular flexibility index (Phi) is 7.39. The van der Waals surface area contributed by atoms with Crippen LogP contribution in [0.25, 0.3) is 0 Å². The number of halogens is 1. The van der Waals surface area contributed by atoms with E-state index in [1.165, 1.54) is 11.8 Å². The zero-order valence-electron chi connectivity index (χ0n) is 17.5. The van der Waals surface area contributed by atoms with E-state index >= 15 is 0 Å². The third-order valence-corrected chi connectivity index (χ3v) is 6.24. The van der Waals surface area contributed by atoms with Gasteiger partial charge in [-0.25, -0.2) is 0 Å². The van der Waals surface area contributed by atoms with Crippen molar-refractivity contribution in [2.24, 2.45) is 7.05 Å². The van der Waals surface area contributed by atoms with Gasteiger partial charge in [0.15, 0.2) is 17.1 Å². The predicted molar refractivity (Wildman–Crippen MR) is 120 cm³/mol. The molecule has 0 saturated heterocycles. The molecule has 0 aliphatic heterocycles. The smallest absolute Gasteiger partial charge is 0.230 e. The Balaban J connectivity index is 1.56. The quantitative estimate of drug-likeness (QED) is 0.513. The molecule has 8 heteroatoms. The first-order chi connectivity index (χ1) is 14.3. The van der Waals surface area contributed by atoms with E-state index in [0.29, 0.717) is 17.5 Å². The van der Waals surface area contributed by atoms with Gasteiger partial charge in [0.1, 0.15) is 5.75 Å². The number of hydrogen-bond donors (Lipinski definition) is 1. The number of amides is 1. The summed E-state index contributed by atoms with van der Waals surface area (Å²) in [7, 11) is 1.87. The zero-order valence-corrected chi connectivity index (χ0v) is 19.0. The van der Waals surface area contributed by atoms with Crippen molar-refractivity contribution in [2.45, 2.75) is 38.6 Å². The van der Waals surface area contributed by atoms with Crippen LogP contribution in [0.1, 0.15) is 35.5 Å². The van der Waals surface area contributed by atoms with Crippen LogP contribution < -0.4 is 10.1 Å². The van der Waals surface area contributed by atoms with Crippen molar-refractivity contribution in [3.63, 3.8) is 0 Å². The normalized spacial score (nSPS) is 11.9. The van der Waals surface area contributed by atoms with Gasteiger partial charge in [0, 0.05) is 18.6 Å². The number of hydrogen-bond acceptors (Lipinski definition) is 5. The van der Waals surface area contributed by atoms with E-state index in [-0.39, 0.29) is 17.8 Å². The highest BCUT2D eigenvalue weighted by Crippen LogP contribution is 2.29. The Bertz CT molecular complexity index is 1000. The number of rotatable bonds is 8. The van der Waals surface area contributed by atoms with Crippen LogP contribution in [0, 0.1) is 13.8 Å². The monoisotopic (exact) mass is 444 g/mol. The average Bonchev–Trinajstić information content (AvgIpc) is 3.10. The molecule has 0 aliphatic carbocycles. The van der Waals surface area contributed by atoms with Gasteiger partial charge in [0.05, 0.1) is 5.75 Å². The summed E-state index contributed by atoms with van der Waals surface area (Å²) in [5.74, 6) is 1.64. The highest BCUT2D eigenvalue weighted by atomic mass is 35.5. The number of benzene rings is 2.